The zero-order valence-electron chi connectivity index (χ0n) is 26.4. The standard InChI is InChI=1S/C34H44ClF2N7O/c1-7-22-16-28(29(45)17-22)42-21(5)39-18-23(8-2)43-33-40-19-24(20(4)41-32-27(36)14-11-15-38-32)31(44-33)34(6,9-3)25-12-10-13-26(35)30(25)37/h10-15,19,22-23,28-29,39,42,45H,4-5,7-9,16-18H2,1-3,6H3,(H,38,41)(H,40,43,44)/t22-,23?,28+,29-,34?/m0/s1. The van der Waals surface area contributed by atoms with E-state index in [0.717, 1.165) is 25.7 Å². The third-order valence-electron chi connectivity index (χ3n) is 8.87. The molecule has 1 fully saturated rings. The van der Waals surface area contributed by atoms with Crippen LogP contribution in [0.1, 0.15) is 76.6 Å². The van der Waals surface area contributed by atoms with E-state index in [1.807, 2.05) is 20.8 Å². The van der Waals surface area contributed by atoms with E-state index in [9.17, 15) is 9.50 Å². The van der Waals surface area contributed by atoms with Gasteiger partial charge in [-0.3, -0.25) is 0 Å². The van der Waals surface area contributed by atoms with Crippen LogP contribution < -0.4 is 21.3 Å². The first-order valence-electron chi connectivity index (χ1n) is 15.5. The molecule has 242 valence electrons. The molecule has 0 saturated heterocycles. The van der Waals surface area contributed by atoms with Gasteiger partial charge in [-0.2, -0.15) is 0 Å². The van der Waals surface area contributed by atoms with Crippen molar-refractivity contribution in [1.82, 2.24) is 25.6 Å². The van der Waals surface area contributed by atoms with Crippen LogP contribution in [0.15, 0.2) is 61.7 Å². The molecule has 11 heteroatoms. The number of anilines is 2. The molecule has 1 saturated carbocycles. The molecule has 2 aromatic heterocycles. The number of nitrogens with zero attached hydrogens (tertiary/aromatic N) is 3. The maximum atomic E-state index is 15.5. The number of hydrogen-bond acceptors (Lipinski definition) is 8. The van der Waals surface area contributed by atoms with Gasteiger partial charge in [0, 0.05) is 47.2 Å². The second-order valence-corrected chi connectivity index (χ2v) is 12.3. The number of aliphatic hydroxyl groups is 1. The van der Waals surface area contributed by atoms with Crippen molar-refractivity contribution < 1.29 is 13.9 Å². The number of aromatic nitrogens is 3. The molecule has 0 amide bonds. The van der Waals surface area contributed by atoms with Gasteiger partial charge in [0.15, 0.2) is 11.6 Å². The SMILES string of the molecule is C=C(NCC(CC)Nc1ncc(C(=C)Nc2ncccc2F)c(C(C)(CC)c2cccc(Cl)c2F)n1)N[C@@H]1C[C@H](CC)C[C@@H]1O. The Labute approximate surface area is 269 Å². The maximum absolute atomic E-state index is 15.5. The Morgan fingerprint density at radius 3 is 2.58 bits per heavy atom. The van der Waals surface area contributed by atoms with Gasteiger partial charge in [0.1, 0.15) is 5.82 Å². The summed E-state index contributed by atoms with van der Waals surface area (Å²) in [5, 5.41) is 23.4. The first kappa shape index (κ1) is 34.1. The Morgan fingerprint density at radius 2 is 1.91 bits per heavy atom. The highest BCUT2D eigenvalue weighted by molar-refractivity contribution is 6.30. The quantitative estimate of drug-likeness (QED) is 0.121. The summed E-state index contributed by atoms with van der Waals surface area (Å²) in [5.74, 6) is 0.429. The topological polar surface area (TPSA) is 107 Å². The summed E-state index contributed by atoms with van der Waals surface area (Å²) in [5.41, 5.74) is 0.710. The van der Waals surface area contributed by atoms with E-state index in [1.165, 1.54) is 24.4 Å². The van der Waals surface area contributed by atoms with E-state index >= 15 is 4.39 Å². The van der Waals surface area contributed by atoms with Gasteiger partial charge >= 0.3 is 0 Å². The van der Waals surface area contributed by atoms with E-state index in [2.05, 4.69) is 51.3 Å². The van der Waals surface area contributed by atoms with Crippen LogP contribution in [0, 0.1) is 17.6 Å². The van der Waals surface area contributed by atoms with Crippen molar-refractivity contribution >= 4 is 29.1 Å². The highest BCUT2D eigenvalue weighted by Gasteiger charge is 2.36. The number of hydrogen-bond donors (Lipinski definition) is 5. The van der Waals surface area contributed by atoms with Gasteiger partial charge in [-0.15, -0.1) is 0 Å². The lowest BCUT2D eigenvalue weighted by Gasteiger charge is -2.32. The molecule has 8 nitrogen and oxygen atoms in total. The summed E-state index contributed by atoms with van der Waals surface area (Å²) < 4.78 is 30.0. The van der Waals surface area contributed by atoms with Crippen LogP contribution in [0.2, 0.25) is 5.02 Å². The van der Waals surface area contributed by atoms with Gasteiger partial charge in [0.25, 0.3) is 0 Å². The average molecular weight is 640 g/mol. The highest BCUT2D eigenvalue weighted by atomic mass is 35.5. The molecule has 0 radical (unpaired) electrons. The van der Waals surface area contributed by atoms with Crippen molar-refractivity contribution in [2.45, 2.75) is 83.4 Å². The number of nitrogens with one attached hydrogen (secondary N) is 4. The molecule has 0 bridgehead atoms. The normalized spacial score (nSPS) is 19.8. The first-order valence-corrected chi connectivity index (χ1v) is 15.9. The van der Waals surface area contributed by atoms with Crippen molar-refractivity contribution in [2.24, 2.45) is 5.92 Å². The third kappa shape index (κ3) is 7.91. The summed E-state index contributed by atoms with van der Waals surface area (Å²) in [6.45, 7) is 16.8. The van der Waals surface area contributed by atoms with Crippen molar-refractivity contribution in [3.05, 3.63) is 95.2 Å². The van der Waals surface area contributed by atoms with Crippen LogP contribution >= 0.6 is 11.6 Å². The van der Waals surface area contributed by atoms with Crippen LogP contribution in [0.4, 0.5) is 20.5 Å². The van der Waals surface area contributed by atoms with E-state index < -0.39 is 23.2 Å². The summed E-state index contributed by atoms with van der Waals surface area (Å²) in [6.07, 6.45) is 6.64. The summed E-state index contributed by atoms with van der Waals surface area (Å²) >= 11 is 6.21. The van der Waals surface area contributed by atoms with Crippen LogP contribution in [-0.4, -0.2) is 44.8 Å². The van der Waals surface area contributed by atoms with Crippen LogP contribution in [0.3, 0.4) is 0 Å². The fourth-order valence-electron chi connectivity index (χ4n) is 5.80. The van der Waals surface area contributed by atoms with Gasteiger partial charge in [-0.1, -0.05) is 64.1 Å². The lowest BCUT2D eigenvalue weighted by Crippen LogP contribution is -2.42. The van der Waals surface area contributed by atoms with E-state index in [-0.39, 0.29) is 22.9 Å². The third-order valence-corrected chi connectivity index (χ3v) is 9.16. The Kier molecular flexibility index (Phi) is 11.4. The van der Waals surface area contributed by atoms with E-state index in [1.54, 1.807) is 18.3 Å². The molecule has 1 aliphatic rings. The molecule has 5 N–H and O–H groups in total. The smallest absolute Gasteiger partial charge is 0.223 e. The Morgan fingerprint density at radius 1 is 1.13 bits per heavy atom. The predicted molar refractivity (Wildman–Crippen MR) is 178 cm³/mol. The molecule has 3 aromatic rings. The maximum Gasteiger partial charge on any atom is 0.223 e. The minimum absolute atomic E-state index is 0.00378. The van der Waals surface area contributed by atoms with Crippen LogP contribution in [0.5, 0.6) is 0 Å². The summed E-state index contributed by atoms with van der Waals surface area (Å²) in [7, 11) is 0. The van der Waals surface area contributed by atoms with Crippen molar-refractivity contribution in [3.63, 3.8) is 0 Å². The number of benzene rings is 1. The molecular formula is C34H44ClF2N7O. The van der Waals surface area contributed by atoms with Crippen molar-refractivity contribution in [1.29, 1.82) is 0 Å². The fourth-order valence-corrected chi connectivity index (χ4v) is 5.98. The van der Waals surface area contributed by atoms with Crippen molar-refractivity contribution in [2.75, 3.05) is 17.2 Å². The van der Waals surface area contributed by atoms with E-state index in [0.29, 0.717) is 53.2 Å². The number of halogens is 3. The number of pyridine rings is 1. The fraction of sp³-hybridized carbons (Fsp3) is 0.441. The van der Waals surface area contributed by atoms with Crippen molar-refractivity contribution in [3.8, 4) is 0 Å². The first-order chi connectivity index (χ1) is 21.5. The van der Waals surface area contributed by atoms with E-state index in [4.69, 9.17) is 16.6 Å². The minimum Gasteiger partial charge on any atom is -0.391 e. The summed E-state index contributed by atoms with van der Waals surface area (Å²) in [4.78, 5) is 13.6. The molecule has 2 heterocycles. The molecule has 4 rings (SSSR count). The number of rotatable bonds is 15. The monoisotopic (exact) mass is 639 g/mol. The second-order valence-electron chi connectivity index (χ2n) is 11.9. The Hall–Kier alpha value is -3.76. The molecule has 2 unspecified atom stereocenters. The highest BCUT2D eigenvalue weighted by Crippen LogP contribution is 2.40. The molecule has 1 aromatic carbocycles. The zero-order valence-corrected chi connectivity index (χ0v) is 27.2. The van der Waals surface area contributed by atoms with Crippen LogP contribution in [0.25, 0.3) is 5.70 Å². The molecular weight excluding hydrogens is 596 g/mol. The molecule has 1 aliphatic carbocycles. The van der Waals surface area contributed by atoms with Crippen LogP contribution in [-0.2, 0) is 5.41 Å². The van der Waals surface area contributed by atoms with Gasteiger partial charge in [-0.05, 0) is 56.7 Å². The largest absolute Gasteiger partial charge is 0.391 e. The molecule has 0 spiro atoms. The lowest BCUT2D eigenvalue weighted by atomic mass is 9.75. The van der Waals surface area contributed by atoms with Gasteiger partial charge in [0.2, 0.25) is 5.95 Å². The average Bonchev–Trinajstić information content (AvgIpc) is 3.39. The second kappa shape index (κ2) is 15.0. The molecule has 45 heavy (non-hydrogen) atoms. The van der Waals surface area contributed by atoms with Gasteiger partial charge < -0.3 is 26.4 Å². The zero-order chi connectivity index (χ0) is 32.7. The number of aliphatic hydroxyl groups excluding tert-OH is 1. The lowest BCUT2D eigenvalue weighted by molar-refractivity contribution is 0.150. The van der Waals surface area contributed by atoms with Gasteiger partial charge in [0.05, 0.1) is 28.7 Å². The Bertz CT molecular complexity index is 1510. The Balaban J connectivity index is 1.60. The molecule has 0 aliphatic heterocycles. The summed E-state index contributed by atoms with van der Waals surface area (Å²) in [6, 6.07) is 7.59. The minimum atomic E-state index is -0.951. The predicted octanol–water partition coefficient (Wildman–Crippen LogP) is 6.99. The van der Waals surface area contributed by atoms with Gasteiger partial charge in [-0.25, -0.2) is 23.7 Å². The molecule has 5 atom stereocenters.